The van der Waals surface area contributed by atoms with E-state index in [4.69, 9.17) is 9.47 Å². The van der Waals surface area contributed by atoms with E-state index in [1.165, 1.54) is 7.11 Å². The van der Waals surface area contributed by atoms with Crippen LogP contribution in [0.3, 0.4) is 0 Å². The fourth-order valence-corrected chi connectivity index (χ4v) is 2.72. The largest absolute Gasteiger partial charge is 0.343 e. The molecule has 4 heteroatoms. The molecule has 0 radical (unpaired) electrons. The van der Waals surface area contributed by atoms with Crippen LogP contribution in [-0.2, 0) is 14.3 Å². The van der Waals surface area contributed by atoms with Crippen LogP contribution in [0.2, 0.25) is 0 Å². The molecule has 1 aliphatic rings. The summed E-state index contributed by atoms with van der Waals surface area (Å²) in [5.74, 6) is -1.53. The van der Waals surface area contributed by atoms with Gasteiger partial charge in [-0.05, 0) is 30.2 Å². The Balaban J connectivity index is 2.05. The first-order valence-corrected chi connectivity index (χ1v) is 7.39. The van der Waals surface area contributed by atoms with Crippen LogP contribution in [0.1, 0.15) is 12.5 Å². The average Bonchev–Trinajstić information content (AvgIpc) is 2.49. The third-order valence-corrected chi connectivity index (χ3v) is 3.62. The molecule has 0 heterocycles. The predicted octanol–water partition coefficient (Wildman–Crippen LogP) is 3.87. The molecule has 0 amide bonds. The molecule has 110 valence electrons. The van der Waals surface area contributed by atoms with Crippen molar-refractivity contribution in [2.24, 2.45) is 0 Å². The zero-order valence-electron chi connectivity index (χ0n) is 12.0. The Labute approximate surface area is 133 Å². The quantitative estimate of drug-likeness (QED) is 0.757. The molecule has 0 bridgehead atoms. The van der Waals surface area contributed by atoms with Crippen molar-refractivity contribution in [1.82, 2.24) is 0 Å². The van der Waals surface area contributed by atoms with Gasteiger partial charge in [-0.1, -0.05) is 58.4 Å². The normalized spacial score (nSPS) is 22.3. The van der Waals surface area contributed by atoms with Crippen LogP contribution in [0.4, 0.5) is 0 Å². The molecule has 0 saturated carbocycles. The van der Waals surface area contributed by atoms with Gasteiger partial charge in [-0.25, -0.2) is 0 Å². The summed E-state index contributed by atoms with van der Waals surface area (Å²) in [6.45, 7) is 2.02. The predicted molar refractivity (Wildman–Crippen MR) is 86.9 cm³/mol. The van der Waals surface area contributed by atoms with Crippen LogP contribution in [0, 0.1) is 0 Å². The maximum atomic E-state index is 12.3. The summed E-state index contributed by atoms with van der Waals surface area (Å²) >= 11 is 3.37. The summed E-state index contributed by atoms with van der Waals surface area (Å²) in [5, 5.41) is 0. The number of carbonyl (C=O) groups is 1. The van der Waals surface area contributed by atoms with E-state index < -0.39 is 5.79 Å². The first-order chi connectivity index (χ1) is 10.1. The van der Waals surface area contributed by atoms with E-state index in [2.05, 4.69) is 15.9 Å². The molecular weight excluding hydrogens is 332 g/mol. The topological polar surface area (TPSA) is 35.5 Å². The third-order valence-electron chi connectivity index (χ3n) is 3.16. The van der Waals surface area contributed by atoms with Gasteiger partial charge in [-0.2, -0.15) is 0 Å². The number of Topliss-reactive ketones (excluding diaryl/α,β-unsaturated/α-hetero) is 1. The number of allylic oxidation sites excluding steroid dienone is 2. The minimum atomic E-state index is -1.35. The number of halogens is 1. The molecule has 0 saturated heterocycles. The van der Waals surface area contributed by atoms with Crippen LogP contribution in [0.15, 0.2) is 58.6 Å². The van der Waals surface area contributed by atoms with Gasteiger partial charge in [0, 0.05) is 11.6 Å². The zero-order chi connectivity index (χ0) is 15.3. The number of methoxy groups -OCH3 is 1. The van der Waals surface area contributed by atoms with Crippen LogP contribution in [0.5, 0.6) is 0 Å². The van der Waals surface area contributed by atoms with Gasteiger partial charge in [-0.3, -0.25) is 4.79 Å². The van der Waals surface area contributed by atoms with Gasteiger partial charge >= 0.3 is 0 Å². The van der Waals surface area contributed by atoms with E-state index in [0.29, 0.717) is 5.57 Å². The standard InChI is InChI=1S/C17H17BrO3/c1-13-11-15(18)12-17(20-2,16(13)19)21-10-6-9-14-7-4-3-5-8-14/h3-9,11-12H,10H2,1-2H3/b9-6+. The molecule has 0 spiro atoms. The van der Waals surface area contributed by atoms with Crippen LogP contribution >= 0.6 is 15.9 Å². The monoisotopic (exact) mass is 348 g/mol. The van der Waals surface area contributed by atoms with Crippen molar-refractivity contribution < 1.29 is 14.3 Å². The fourth-order valence-electron chi connectivity index (χ4n) is 2.07. The second kappa shape index (κ2) is 6.98. The molecule has 0 aliphatic heterocycles. The second-order valence-corrected chi connectivity index (χ2v) is 5.60. The Morgan fingerprint density at radius 2 is 2.00 bits per heavy atom. The molecule has 3 nitrogen and oxygen atoms in total. The lowest BCUT2D eigenvalue weighted by Gasteiger charge is -2.30. The zero-order valence-corrected chi connectivity index (χ0v) is 13.6. The Hall–Kier alpha value is -1.49. The molecule has 0 aromatic heterocycles. The summed E-state index contributed by atoms with van der Waals surface area (Å²) in [5.41, 5.74) is 1.67. The Morgan fingerprint density at radius 3 is 2.67 bits per heavy atom. The minimum Gasteiger partial charge on any atom is -0.343 e. The molecule has 1 atom stereocenters. The SMILES string of the molecule is COC1(OC/C=C/c2ccccc2)C=C(Br)C=C(C)C1=O. The molecule has 0 fully saturated rings. The first kappa shape index (κ1) is 15.9. The van der Waals surface area contributed by atoms with Crippen molar-refractivity contribution in [1.29, 1.82) is 0 Å². The summed E-state index contributed by atoms with van der Waals surface area (Å²) in [6.07, 6.45) is 7.19. The highest BCUT2D eigenvalue weighted by molar-refractivity contribution is 9.11. The van der Waals surface area contributed by atoms with Crippen molar-refractivity contribution >= 4 is 27.8 Å². The van der Waals surface area contributed by atoms with E-state index in [-0.39, 0.29) is 12.4 Å². The lowest BCUT2D eigenvalue weighted by Crippen LogP contribution is -2.44. The van der Waals surface area contributed by atoms with Crippen LogP contribution in [-0.4, -0.2) is 25.3 Å². The lowest BCUT2D eigenvalue weighted by molar-refractivity contribution is -0.188. The molecule has 1 aliphatic carbocycles. The molecule has 21 heavy (non-hydrogen) atoms. The maximum absolute atomic E-state index is 12.3. The second-order valence-electron chi connectivity index (χ2n) is 4.68. The summed E-state index contributed by atoms with van der Waals surface area (Å²) in [4.78, 5) is 12.3. The van der Waals surface area contributed by atoms with E-state index in [9.17, 15) is 4.79 Å². The van der Waals surface area contributed by atoms with E-state index in [1.807, 2.05) is 42.5 Å². The van der Waals surface area contributed by atoms with Crippen molar-refractivity contribution in [3.8, 4) is 0 Å². The number of rotatable bonds is 5. The highest BCUT2D eigenvalue weighted by Gasteiger charge is 2.40. The highest BCUT2D eigenvalue weighted by Crippen LogP contribution is 2.29. The number of benzene rings is 1. The van der Waals surface area contributed by atoms with Gasteiger partial charge in [0.15, 0.2) is 0 Å². The Morgan fingerprint density at radius 1 is 1.29 bits per heavy atom. The Kier molecular flexibility index (Phi) is 5.28. The Bertz CT molecular complexity index is 602. The van der Waals surface area contributed by atoms with Crippen molar-refractivity contribution in [3.63, 3.8) is 0 Å². The molecule has 1 aromatic carbocycles. The fraction of sp³-hybridized carbons (Fsp3) is 0.235. The molecular formula is C17H17BrO3. The lowest BCUT2D eigenvalue weighted by atomic mass is 9.99. The molecule has 1 unspecified atom stereocenters. The summed E-state index contributed by atoms with van der Waals surface area (Å²) in [6, 6.07) is 9.90. The number of ether oxygens (including phenoxy) is 2. The molecule has 0 N–H and O–H groups in total. The number of ketones is 1. The summed E-state index contributed by atoms with van der Waals surface area (Å²) < 4.78 is 11.8. The van der Waals surface area contributed by atoms with Crippen LogP contribution < -0.4 is 0 Å². The van der Waals surface area contributed by atoms with Gasteiger partial charge in [0.25, 0.3) is 5.79 Å². The van der Waals surface area contributed by atoms with Crippen molar-refractivity contribution in [3.05, 3.63) is 64.2 Å². The molecule has 1 aromatic rings. The van der Waals surface area contributed by atoms with Crippen LogP contribution in [0.25, 0.3) is 6.08 Å². The number of hydrogen-bond donors (Lipinski definition) is 0. The number of carbonyl (C=O) groups excluding carboxylic acids is 1. The van der Waals surface area contributed by atoms with Crippen molar-refractivity contribution in [2.45, 2.75) is 12.7 Å². The number of hydrogen-bond acceptors (Lipinski definition) is 3. The van der Waals surface area contributed by atoms with Gasteiger partial charge < -0.3 is 9.47 Å². The first-order valence-electron chi connectivity index (χ1n) is 6.59. The van der Waals surface area contributed by atoms with Gasteiger partial charge in [0.2, 0.25) is 5.78 Å². The molecule has 2 rings (SSSR count). The van der Waals surface area contributed by atoms with E-state index in [0.717, 1.165) is 10.0 Å². The van der Waals surface area contributed by atoms with Crippen molar-refractivity contribution in [2.75, 3.05) is 13.7 Å². The van der Waals surface area contributed by atoms with Gasteiger partial charge in [-0.15, -0.1) is 0 Å². The highest BCUT2D eigenvalue weighted by atomic mass is 79.9. The third kappa shape index (κ3) is 3.79. The van der Waals surface area contributed by atoms with Gasteiger partial charge in [0.05, 0.1) is 6.61 Å². The maximum Gasteiger partial charge on any atom is 0.255 e. The van der Waals surface area contributed by atoms with E-state index in [1.54, 1.807) is 19.1 Å². The van der Waals surface area contributed by atoms with E-state index >= 15 is 0 Å². The smallest absolute Gasteiger partial charge is 0.255 e. The van der Waals surface area contributed by atoms with Gasteiger partial charge in [0.1, 0.15) is 0 Å². The summed E-state index contributed by atoms with van der Waals surface area (Å²) in [7, 11) is 1.47. The average molecular weight is 349 g/mol. The minimum absolute atomic E-state index is 0.179.